The summed E-state index contributed by atoms with van der Waals surface area (Å²) in [6, 6.07) is 12.4. The van der Waals surface area contributed by atoms with Gasteiger partial charge in [-0.15, -0.1) is 0 Å². The zero-order valence-corrected chi connectivity index (χ0v) is 14.7. The van der Waals surface area contributed by atoms with Gasteiger partial charge >= 0.3 is 6.03 Å². The highest BCUT2D eigenvalue weighted by Gasteiger charge is 2.24. The van der Waals surface area contributed by atoms with Crippen molar-refractivity contribution >= 4 is 23.5 Å². The third-order valence-electron chi connectivity index (χ3n) is 4.68. The molecule has 1 fully saturated rings. The number of urea groups is 1. The van der Waals surface area contributed by atoms with E-state index in [9.17, 15) is 14.4 Å². The Labute approximate surface area is 156 Å². The average Bonchev–Trinajstić information content (AvgIpc) is 3.41. The zero-order valence-electron chi connectivity index (χ0n) is 14.7. The van der Waals surface area contributed by atoms with Gasteiger partial charge in [-0.25, -0.2) is 4.79 Å². The van der Waals surface area contributed by atoms with Crippen molar-refractivity contribution in [2.24, 2.45) is 0 Å². The van der Waals surface area contributed by atoms with Crippen molar-refractivity contribution < 1.29 is 14.4 Å². The summed E-state index contributed by atoms with van der Waals surface area (Å²) in [5, 5.41) is 11.3. The monoisotopic (exact) mass is 364 g/mol. The van der Waals surface area contributed by atoms with Crippen LogP contribution in [0.1, 0.15) is 44.7 Å². The SMILES string of the molecule is O=C(NCc1ccc(C(=O)NC2CC2)cc1)Nc1cccc2c1CNC2=O. The highest BCUT2D eigenvalue weighted by atomic mass is 16.2. The first-order valence-corrected chi connectivity index (χ1v) is 8.95. The first-order chi connectivity index (χ1) is 13.1. The maximum atomic E-state index is 12.2. The van der Waals surface area contributed by atoms with Gasteiger partial charge in [-0.3, -0.25) is 9.59 Å². The van der Waals surface area contributed by atoms with E-state index in [1.54, 1.807) is 30.3 Å². The van der Waals surface area contributed by atoms with E-state index in [0.29, 0.717) is 35.9 Å². The van der Waals surface area contributed by atoms with E-state index in [1.165, 1.54) is 0 Å². The lowest BCUT2D eigenvalue weighted by Crippen LogP contribution is -2.28. The normalized spacial score (nSPS) is 14.9. The number of hydrogen-bond donors (Lipinski definition) is 4. The second-order valence-electron chi connectivity index (χ2n) is 6.77. The van der Waals surface area contributed by atoms with Crippen molar-refractivity contribution in [3.8, 4) is 0 Å². The molecular weight excluding hydrogens is 344 g/mol. The Bertz CT molecular complexity index is 904. The topological polar surface area (TPSA) is 99.3 Å². The van der Waals surface area contributed by atoms with E-state index < -0.39 is 0 Å². The molecule has 4 N–H and O–H groups in total. The predicted molar refractivity (Wildman–Crippen MR) is 100 cm³/mol. The van der Waals surface area contributed by atoms with Crippen LogP contribution in [0.3, 0.4) is 0 Å². The summed E-state index contributed by atoms with van der Waals surface area (Å²) in [7, 11) is 0. The van der Waals surface area contributed by atoms with Gasteiger partial charge in [0.05, 0.1) is 0 Å². The molecule has 138 valence electrons. The van der Waals surface area contributed by atoms with E-state index in [4.69, 9.17) is 0 Å². The standard InChI is InChI=1S/C20H20N4O3/c25-18(23-14-8-9-14)13-6-4-12(5-7-13)10-22-20(27)24-17-3-1-2-15-16(17)11-21-19(15)26/h1-7,14H,8-11H2,(H,21,26)(H,23,25)(H2,22,24,27). The number of rotatable bonds is 5. The Morgan fingerprint density at radius 2 is 1.85 bits per heavy atom. The fourth-order valence-electron chi connectivity index (χ4n) is 2.99. The number of anilines is 1. The smallest absolute Gasteiger partial charge is 0.319 e. The van der Waals surface area contributed by atoms with Crippen molar-refractivity contribution in [1.82, 2.24) is 16.0 Å². The molecule has 4 amide bonds. The summed E-state index contributed by atoms with van der Waals surface area (Å²) in [6.45, 7) is 0.748. The first kappa shape index (κ1) is 17.1. The van der Waals surface area contributed by atoms with Crippen LogP contribution in [0.4, 0.5) is 10.5 Å². The van der Waals surface area contributed by atoms with Crippen LogP contribution < -0.4 is 21.3 Å². The van der Waals surface area contributed by atoms with Gasteiger partial charge in [0.2, 0.25) is 0 Å². The number of nitrogens with one attached hydrogen (secondary N) is 4. The van der Waals surface area contributed by atoms with Gasteiger partial charge in [0.25, 0.3) is 11.8 Å². The molecule has 0 atom stereocenters. The number of carbonyl (C=O) groups is 3. The Hall–Kier alpha value is -3.35. The third-order valence-corrected chi connectivity index (χ3v) is 4.68. The fraction of sp³-hybridized carbons (Fsp3) is 0.250. The van der Waals surface area contributed by atoms with Gasteiger partial charge in [0, 0.05) is 41.5 Å². The van der Waals surface area contributed by atoms with Crippen LogP contribution in [-0.4, -0.2) is 23.9 Å². The summed E-state index contributed by atoms with van der Waals surface area (Å²) in [5.74, 6) is -0.185. The Morgan fingerprint density at radius 1 is 1.07 bits per heavy atom. The predicted octanol–water partition coefficient (Wildman–Crippen LogP) is 2.14. The third kappa shape index (κ3) is 3.92. The molecule has 1 heterocycles. The zero-order chi connectivity index (χ0) is 18.8. The molecule has 7 nitrogen and oxygen atoms in total. The van der Waals surface area contributed by atoms with E-state index in [0.717, 1.165) is 24.0 Å². The number of benzene rings is 2. The summed E-state index contributed by atoms with van der Waals surface area (Å²) in [6.07, 6.45) is 2.11. The van der Waals surface area contributed by atoms with E-state index in [-0.39, 0.29) is 17.8 Å². The van der Waals surface area contributed by atoms with Gasteiger partial charge < -0.3 is 21.3 Å². The summed E-state index contributed by atoms with van der Waals surface area (Å²) < 4.78 is 0. The van der Waals surface area contributed by atoms with Crippen LogP contribution in [0.15, 0.2) is 42.5 Å². The minimum absolute atomic E-state index is 0.0594. The lowest BCUT2D eigenvalue weighted by atomic mass is 10.1. The number of carbonyl (C=O) groups excluding carboxylic acids is 3. The van der Waals surface area contributed by atoms with Gasteiger partial charge in [0.1, 0.15) is 0 Å². The molecule has 7 heteroatoms. The molecule has 0 radical (unpaired) electrons. The van der Waals surface area contributed by atoms with Crippen LogP contribution in [0.2, 0.25) is 0 Å². The molecule has 27 heavy (non-hydrogen) atoms. The molecule has 0 unspecified atom stereocenters. The summed E-state index contributed by atoms with van der Waals surface area (Å²) in [4.78, 5) is 35.8. The number of amides is 4. The largest absolute Gasteiger partial charge is 0.349 e. The van der Waals surface area contributed by atoms with Crippen molar-refractivity contribution in [2.45, 2.75) is 32.0 Å². The maximum absolute atomic E-state index is 12.2. The van der Waals surface area contributed by atoms with Gasteiger partial charge in [0.15, 0.2) is 0 Å². The summed E-state index contributed by atoms with van der Waals surface area (Å²) in [5.41, 5.74) is 3.52. The van der Waals surface area contributed by atoms with Gasteiger partial charge in [-0.2, -0.15) is 0 Å². The lowest BCUT2D eigenvalue weighted by molar-refractivity contribution is 0.0947. The van der Waals surface area contributed by atoms with Crippen molar-refractivity contribution in [2.75, 3.05) is 5.32 Å². The highest BCUT2D eigenvalue weighted by Crippen LogP contribution is 2.24. The lowest BCUT2D eigenvalue weighted by Gasteiger charge is -2.11. The van der Waals surface area contributed by atoms with Gasteiger partial charge in [-0.05, 0) is 42.7 Å². The quantitative estimate of drug-likeness (QED) is 0.654. The second kappa shape index (κ2) is 7.11. The molecule has 0 bridgehead atoms. The molecule has 2 aliphatic rings. The van der Waals surface area contributed by atoms with Crippen molar-refractivity contribution in [3.63, 3.8) is 0 Å². The molecule has 2 aromatic rings. The van der Waals surface area contributed by atoms with E-state index >= 15 is 0 Å². The average molecular weight is 364 g/mol. The molecular formula is C20H20N4O3. The van der Waals surface area contributed by atoms with Crippen LogP contribution in [0.25, 0.3) is 0 Å². The molecule has 0 aromatic heterocycles. The van der Waals surface area contributed by atoms with Crippen LogP contribution in [0.5, 0.6) is 0 Å². The minimum Gasteiger partial charge on any atom is -0.349 e. The van der Waals surface area contributed by atoms with E-state index in [1.807, 2.05) is 12.1 Å². The van der Waals surface area contributed by atoms with Crippen molar-refractivity contribution in [3.05, 3.63) is 64.7 Å². The number of fused-ring (bicyclic) bond motifs is 1. The Morgan fingerprint density at radius 3 is 2.59 bits per heavy atom. The van der Waals surface area contributed by atoms with Crippen LogP contribution >= 0.6 is 0 Å². The Kier molecular flexibility index (Phi) is 4.50. The first-order valence-electron chi connectivity index (χ1n) is 8.95. The van der Waals surface area contributed by atoms with Crippen LogP contribution in [0, 0.1) is 0 Å². The molecule has 1 saturated carbocycles. The minimum atomic E-state index is -0.349. The van der Waals surface area contributed by atoms with Crippen LogP contribution in [-0.2, 0) is 13.1 Å². The maximum Gasteiger partial charge on any atom is 0.319 e. The summed E-state index contributed by atoms with van der Waals surface area (Å²) >= 11 is 0. The highest BCUT2D eigenvalue weighted by molar-refractivity contribution is 6.01. The fourth-order valence-corrected chi connectivity index (χ4v) is 2.99. The molecule has 2 aromatic carbocycles. The molecule has 0 saturated heterocycles. The second-order valence-corrected chi connectivity index (χ2v) is 6.77. The Balaban J connectivity index is 1.32. The molecule has 4 rings (SSSR count). The van der Waals surface area contributed by atoms with E-state index in [2.05, 4.69) is 21.3 Å². The van der Waals surface area contributed by atoms with Gasteiger partial charge in [-0.1, -0.05) is 18.2 Å². The molecule has 1 aliphatic heterocycles. The van der Waals surface area contributed by atoms with Crippen molar-refractivity contribution in [1.29, 1.82) is 0 Å². The molecule has 1 aliphatic carbocycles. The molecule has 0 spiro atoms. The number of hydrogen-bond acceptors (Lipinski definition) is 3.